The van der Waals surface area contributed by atoms with Crippen LogP contribution in [0.25, 0.3) is 6.08 Å². The Morgan fingerprint density at radius 2 is 2.33 bits per heavy atom. The average molecular weight is 203 g/mol. The fourth-order valence-electron chi connectivity index (χ4n) is 1.56. The molecule has 4 heteroatoms. The Kier molecular flexibility index (Phi) is 2.43. The molecule has 1 aromatic carbocycles. The van der Waals surface area contributed by atoms with Gasteiger partial charge < -0.3 is 15.2 Å². The normalized spacial score (nSPS) is 13.6. The van der Waals surface area contributed by atoms with Crippen LogP contribution in [0.5, 0.6) is 0 Å². The molecule has 0 aromatic heterocycles. The molecule has 0 radical (unpaired) electrons. The summed E-state index contributed by atoms with van der Waals surface area (Å²) in [6, 6.07) is 5.32. The van der Waals surface area contributed by atoms with Gasteiger partial charge in [0.05, 0.1) is 0 Å². The number of carbonyl (C=O) groups excluding carboxylic acids is 1. The van der Waals surface area contributed by atoms with Crippen LogP contribution >= 0.6 is 0 Å². The smallest absolute Gasteiger partial charge is 0.213 e. The number of fused-ring (bicyclic) bond motifs is 1. The fourth-order valence-corrected chi connectivity index (χ4v) is 1.56. The van der Waals surface area contributed by atoms with Crippen molar-refractivity contribution in [2.75, 3.05) is 23.6 Å². The molecule has 0 saturated carbocycles. The van der Waals surface area contributed by atoms with Gasteiger partial charge in [0.1, 0.15) is 0 Å². The highest BCUT2D eigenvalue weighted by molar-refractivity contribution is 5.80. The van der Waals surface area contributed by atoms with Crippen molar-refractivity contribution in [2.24, 2.45) is 0 Å². The quantitative estimate of drug-likeness (QED) is 0.686. The summed E-state index contributed by atoms with van der Waals surface area (Å²) in [5.74, 6) is 0. The minimum atomic E-state index is 0.385. The van der Waals surface area contributed by atoms with Gasteiger partial charge in [0.2, 0.25) is 6.41 Å². The number of hydrogen-bond donors (Lipinski definition) is 0. The third-order valence-corrected chi connectivity index (χ3v) is 2.41. The lowest BCUT2D eigenvalue weighted by Crippen LogP contribution is -2.19. The Hall–Kier alpha value is -1.81. The highest BCUT2D eigenvalue weighted by Gasteiger charge is 2.08. The number of amides is 1. The number of benzene rings is 1. The monoisotopic (exact) mass is 203 g/mol. The predicted octanol–water partition coefficient (Wildman–Crippen LogP) is 1.61. The molecule has 2 rings (SSSR count). The summed E-state index contributed by atoms with van der Waals surface area (Å²) in [5.41, 5.74) is 2.28. The molecule has 1 aliphatic heterocycles. The largest absolute Gasteiger partial charge is 0.758 e. The lowest BCUT2D eigenvalue weighted by atomic mass is 10.1. The molecule has 1 heterocycles. The minimum Gasteiger partial charge on any atom is -0.758 e. The third-order valence-electron chi connectivity index (χ3n) is 2.41. The van der Waals surface area contributed by atoms with Crippen LogP contribution < -0.4 is 9.96 Å². The van der Waals surface area contributed by atoms with Gasteiger partial charge in [-0.1, -0.05) is 12.2 Å². The van der Waals surface area contributed by atoms with E-state index in [9.17, 15) is 10.0 Å². The topological polar surface area (TPSA) is 46.6 Å². The van der Waals surface area contributed by atoms with Gasteiger partial charge in [0.15, 0.2) is 0 Å². The molecule has 1 aliphatic rings. The molecule has 4 nitrogen and oxygen atoms in total. The van der Waals surface area contributed by atoms with Gasteiger partial charge in [-0.2, -0.15) is 0 Å². The van der Waals surface area contributed by atoms with Crippen LogP contribution in [0.1, 0.15) is 5.56 Å². The van der Waals surface area contributed by atoms with E-state index >= 15 is 0 Å². The molecule has 1 amide bonds. The Balaban J connectivity index is 2.43. The summed E-state index contributed by atoms with van der Waals surface area (Å²) in [6.45, 7) is 0.385. The van der Waals surface area contributed by atoms with E-state index < -0.39 is 0 Å². The van der Waals surface area contributed by atoms with Gasteiger partial charge in [0.25, 0.3) is 0 Å². The molecule has 0 N–H and O–H groups in total. The predicted molar refractivity (Wildman–Crippen MR) is 60.7 cm³/mol. The number of carbonyl (C=O) groups is 1. The van der Waals surface area contributed by atoms with E-state index in [1.807, 2.05) is 12.1 Å². The standard InChI is InChI=1S/C11H11N2O2/c1-12(8-14)10-4-5-11-9(7-10)3-2-6-13(11)15/h2-5,7-8H,6H2,1H3/q-1. The first-order valence-corrected chi connectivity index (χ1v) is 4.66. The average Bonchev–Trinajstić information content (AvgIpc) is 2.28. The molecule has 0 unspecified atom stereocenters. The molecule has 78 valence electrons. The maximum absolute atomic E-state index is 11.4. The molecular weight excluding hydrogens is 192 g/mol. The lowest BCUT2D eigenvalue weighted by molar-refractivity contribution is -0.107. The zero-order chi connectivity index (χ0) is 10.8. The van der Waals surface area contributed by atoms with E-state index in [4.69, 9.17) is 0 Å². The Bertz CT molecular complexity index is 415. The second-order valence-corrected chi connectivity index (χ2v) is 3.42. The lowest BCUT2D eigenvalue weighted by Gasteiger charge is -2.33. The number of hydrogen-bond acceptors (Lipinski definition) is 3. The van der Waals surface area contributed by atoms with Crippen molar-refractivity contribution in [3.05, 3.63) is 35.0 Å². The molecule has 0 spiro atoms. The second-order valence-electron chi connectivity index (χ2n) is 3.42. The van der Waals surface area contributed by atoms with Gasteiger partial charge in [0, 0.05) is 25.0 Å². The molecular formula is C11H11N2O2-. The van der Waals surface area contributed by atoms with E-state index in [0.717, 1.165) is 22.7 Å². The van der Waals surface area contributed by atoms with Crippen molar-refractivity contribution in [2.45, 2.75) is 0 Å². The number of rotatable bonds is 2. The van der Waals surface area contributed by atoms with E-state index in [2.05, 4.69) is 0 Å². The van der Waals surface area contributed by atoms with Crippen LogP contribution in [-0.2, 0) is 4.79 Å². The Labute approximate surface area is 88.0 Å². The van der Waals surface area contributed by atoms with E-state index in [1.54, 1.807) is 25.3 Å². The molecule has 1 aromatic rings. The first kappa shape index (κ1) is 9.73. The summed E-state index contributed by atoms with van der Waals surface area (Å²) < 4.78 is 0. The highest BCUT2D eigenvalue weighted by atomic mass is 16.5. The first-order valence-electron chi connectivity index (χ1n) is 4.66. The summed E-state index contributed by atoms with van der Waals surface area (Å²) in [4.78, 5) is 12.0. The van der Waals surface area contributed by atoms with Crippen LogP contribution in [0, 0.1) is 5.21 Å². The van der Waals surface area contributed by atoms with Gasteiger partial charge >= 0.3 is 0 Å². The Morgan fingerprint density at radius 1 is 1.53 bits per heavy atom. The van der Waals surface area contributed by atoms with Gasteiger partial charge in [-0.05, 0) is 23.8 Å². The van der Waals surface area contributed by atoms with Crippen LogP contribution in [0.2, 0.25) is 0 Å². The fraction of sp³-hybridized carbons (Fsp3) is 0.182. The van der Waals surface area contributed by atoms with Crippen molar-refractivity contribution in [3.63, 3.8) is 0 Å². The van der Waals surface area contributed by atoms with Gasteiger partial charge in [-0.25, -0.2) is 0 Å². The zero-order valence-corrected chi connectivity index (χ0v) is 8.38. The zero-order valence-electron chi connectivity index (χ0n) is 8.38. The molecule has 0 atom stereocenters. The maximum atomic E-state index is 11.4. The molecule has 0 saturated heterocycles. The highest BCUT2D eigenvalue weighted by Crippen LogP contribution is 2.28. The summed E-state index contributed by atoms with van der Waals surface area (Å²) in [7, 11) is 1.68. The van der Waals surface area contributed by atoms with Crippen molar-refractivity contribution < 1.29 is 4.79 Å². The van der Waals surface area contributed by atoms with Gasteiger partial charge in [-0.3, -0.25) is 4.79 Å². The summed E-state index contributed by atoms with van der Waals surface area (Å²) >= 11 is 0. The summed E-state index contributed by atoms with van der Waals surface area (Å²) in [6.07, 6.45) is 4.44. The summed E-state index contributed by atoms with van der Waals surface area (Å²) in [5, 5.41) is 12.3. The SMILES string of the molecule is CN(C=O)c1ccc2c(c1)C=CCN2[O-]. The minimum absolute atomic E-state index is 0.385. The Morgan fingerprint density at radius 3 is 3.07 bits per heavy atom. The van der Waals surface area contributed by atoms with Crippen molar-refractivity contribution in [1.82, 2.24) is 0 Å². The molecule has 15 heavy (non-hydrogen) atoms. The molecule has 0 bridgehead atoms. The van der Waals surface area contributed by atoms with Crippen LogP contribution in [0.15, 0.2) is 24.3 Å². The molecule has 0 aliphatic carbocycles. The van der Waals surface area contributed by atoms with Crippen molar-refractivity contribution in [1.29, 1.82) is 0 Å². The number of anilines is 2. The second kappa shape index (κ2) is 3.74. The first-order chi connectivity index (χ1) is 7.22. The van der Waals surface area contributed by atoms with Gasteiger partial charge in [-0.15, -0.1) is 0 Å². The third kappa shape index (κ3) is 1.71. The van der Waals surface area contributed by atoms with Crippen molar-refractivity contribution in [3.8, 4) is 0 Å². The number of hydroxylamine groups is 1. The van der Waals surface area contributed by atoms with Crippen LogP contribution in [0.4, 0.5) is 11.4 Å². The van der Waals surface area contributed by atoms with E-state index in [0.29, 0.717) is 12.2 Å². The van der Waals surface area contributed by atoms with Crippen LogP contribution in [0.3, 0.4) is 0 Å². The van der Waals surface area contributed by atoms with Crippen molar-refractivity contribution >= 4 is 23.9 Å². The number of nitrogens with zero attached hydrogens (tertiary/aromatic N) is 2. The molecule has 0 fully saturated rings. The van der Waals surface area contributed by atoms with Crippen LogP contribution in [-0.4, -0.2) is 20.0 Å². The van der Waals surface area contributed by atoms with E-state index in [-0.39, 0.29) is 0 Å². The van der Waals surface area contributed by atoms with E-state index in [1.165, 1.54) is 4.90 Å². The maximum Gasteiger partial charge on any atom is 0.213 e.